The molecule has 0 aliphatic carbocycles. The van der Waals surface area contributed by atoms with E-state index in [0.29, 0.717) is 5.92 Å². The van der Waals surface area contributed by atoms with Gasteiger partial charge in [-0.2, -0.15) is 0 Å². The van der Waals surface area contributed by atoms with Crippen LogP contribution in [0.25, 0.3) is 0 Å². The molecule has 0 bridgehead atoms. The zero-order valence-electron chi connectivity index (χ0n) is 13.7. The van der Waals surface area contributed by atoms with Crippen LogP contribution in [0.1, 0.15) is 45.6 Å². The van der Waals surface area contributed by atoms with Crippen molar-refractivity contribution < 1.29 is 0 Å². The zero-order chi connectivity index (χ0) is 15.2. The molecule has 0 amide bonds. The molecule has 0 aromatic heterocycles. The fourth-order valence-corrected chi connectivity index (χ4v) is 3.48. The Morgan fingerprint density at radius 3 is 2.57 bits per heavy atom. The molecule has 1 saturated heterocycles. The summed E-state index contributed by atoms with van der Waals surface area (Å²) in [7, 11) is 0. The van der Waals surface area contributed by atoms with Gasteiger partial charge in [-0.15, -0.1) is 0 Å². The van der Waals surface area contributed by atoms with Crippen LogP contribution >= 0.6 is 15.9 Å². The topological polar surface area (TPSA) is 15.3 Å². The highest BCUT2D eigenvalue weighted by atomic mass is 79.9. The molecule has 3 heteroatoms. The number of hydrogen-bond acceptors (Lipinski definition) is 2. The predicted octanol–water partition coefficient (Wildman–Crippen LogP) is 4.82. The number of anilines is 1. The third-order valence-corrected chi connectivity index (χ3v) is 5.20. The highest BCUT2D eigenvalue weighted by Gasteiger charge is 2.18. The van der Waals surface area contributed by atoms with Crippen LogP contribution in [0, 0.1) is 11.8 Å². The predicted molar refractivity (Wildman–Crippen MR) is 95.9 cm³/mol. The molecule has 1 aliphatic rings. The highest BCUT2D eigenvalue weighted by Crippen LogP contribution is 2.28. The summed E-state index contributed by atoms with van der Waals surface area (Å²) < 4.78 is 1.23. The molecule has 1 aromatic carbocycles. The summed E-state index contributed by atoms with van der Waals surface area (Å²) in [6.45, 7) is 11.2. The van der Waals surface area contributed by atoms with E-state index in [9.17, 15) is 0 Å². The van der Waals surface area contributed by atoms with E-state index in [0.717, 1.165) is 19.0 Å². The minimum Gasteiger partial charge on any atom is -0.371 e. The molecule has 118 valence electrons. The first-order valence-electron chi connectivity index (χ1n) is 8.34. The quantitative estimate of drug-likeness (QED) is 0.789. The first-order chi connectivity index (χ1) is 10.1. The van der Waals surface area contributed by atoms with Crippen molar-refractivity contribution in [1.82, 2.24) is 5.32 Å². The van der Waals surface area contributed by atoms with Crippen molar-refractivity contribution in [2.24, 2.45) is 11.8 Å². The van der Waals surface area contributed by atoms with Crippen LogP contribution in [0.2, 0.25) is 0 Å². The standard InChI is InChI=1S/C18H29BrN2/c1-4-15-7-9-21(10-8-15)17-6-5-16(18(19)11-17)13-20-12-14(2)3/h5-6,11,14-15,20H,4,7-10,12-13H2,1-3H3. The summed E-state index contributed by atoms with van der Waals surface area (Å²) in [6, 6.07) is 6.83. The van der Waals surface area contributed by atoms with Gasteiger partial charge in [-0.1, -0.05) is 49.2 Å². The van der Waals surface area contributed by atoms with E-state index in [4.69, 9.17) is 0 Å². The molecule has 1 fully saturated rings. The molecule has 1 aromatic rings. The Kier molecular flexibility index (Phi) is 6.56. The van der Waals surface area contributed by atoms with Gasteiger partial charge in [0, 0.05) is 29.8 Å². The van der Waals surface area contributed by atoms with Crippen molar-refractivity contribution in [3.05, 3.63) is 28.2 Å². The van der Waals surface area contributed by atoms with E-state index >= 15 is 0 Å². The summed E-state index contributed by atoms with van der Waals surface area (Å²) in [4.78, 5) is 2.53. The minimum atomic E-state index is 0.697. The average Bonchev–Trinajstić information content (AvgIpc) is 2.48. The van der Waals surface area contributed by atoms with E-state index in [1.807, 2.05) is 0 Å². The Labute approximate surface area is 138 Å². The Bertz CT molecular complexity index is 437. The SMILES string of the molecule is CCC1CCN(c2ccc(CNCC(C)C)c(Br)c2)CC1. The first kappa shape index (κ1) is 16.8. The van der Waals surface area contributed by atoms with Gasteiger partial charge in [-0.05, 0) is 48.9 Å². The molecule has 2 rings (SSSR count). The molecular formula is C18H29BrN2. The Morgan fingerprint density at radius 2 is 2.00 bits per heavy atom. The van der Waals surface area contributed by atoms with Gasteiger partial charge < -0.3 is 10.2 Å². The summed E-state index contributed by atoms with van der Waals surface area (Å²) in [5.41, 5.74) is 2.71. The number of hydrogen-bond donors (Lipinski definition) is 1. The molecule has 1 heterocycles. The van der Waals surface area contributed by atoms with Crippen molar-refractivity contribution in [2.45, 2.75) is 46.6 Å². The fourth-order valence-electron chi connectivity index (χ4n) is 2.97. The van der Waals surface area contributed by atoms with Crippen molar-refractivity contribution in [3.63, 3.8) is 0 Å². The molecule has 0 spiro atoms. The third-order valence-electron chi connectivity index (χ3n) is 4.46. The number of rotatable bonds is 6. The monoisotopic (exact) mass is 352 g/mol. The normalized spacial score (nSPS) is 16.7. The zero-order valence-corrected chi connectivity index (χ0v) is 15.2. The van der Waals surface area contributed by atoms with Gasteiger partial charge in [0.2, 0.25) is 0 Å². The highest BCUT2D eigenvalue weighted by molar-refractivity contribution is 9.10. The first-order valence-corrected chi connectivity index (χ1v) is 9.13. The Balaban J connectivity index is 1.92. The van der Waals surface area contributed by atoms with Crippen LogP contribution in [-0.2, 0) is 6.54 Å². The maximum atomic E-state index is 3.74. The molecule has 1 N–H and O–H groups in total. The number of piperidine rings is 1. The molecule has 0 atom stereocenters. The summed E-state index contributed by atoms with van der Waals surface area (Å²) in [5, 5.41) is 3.51. The lowest BCUT2D eigenvalue weighted by atomic mass is 9.94. The van der Waals surface area contributed by atoms with E-state index in [-0.39, 0.29) is 0 Å². The van der Waals surface area contributed by atoms with Gasteiger partial charge in [0.15, 0.2) is 0 Å². The van der Waals surface area contributed by atoms with Crippen LogP contribution in [0.4, 0.5) is 5.69 Å². The van der Waals surface area contributed by atoms with Crippen molar-refractivity contribution in [2.75, 3.05) is 24.5 Å². The van der Waals surface area contributed by atoms with Crippen LogP contribution in [0.15, 0.2) is 22.7 Å². The molecule has 21 heavy (non-hydrogen) atoms. The molecule has 0 saturated carbocycles. The molecule has 0 unspecified atom stereocenters. The summed E-state index contributed by atoms with van der Waals surface area (Å²) >= 11 is 3.74. The van der Waals surface area contributed by atoms with Gasteiger partial charge in [-0.25, -0.2) is 0 Å². The van der Waals surface area contributed by atoms with E-state index in [2.05, 4.69) is 65.1 Å². The van der Waals surface area contributed by atoms with E-state index in [1.165, 1.54) is 48.1 Å². The van der Waals surface area contributed by atoms with Crippen molar-refractivity contribution in [1.29, 1.82) is 0 Å². The second-order valence-electron chi connectivity index (χ2n) is 6.64. The van der Waals surface area contributed by atoms with Gasteiger partial charge in [-0.3, -0.25) is 0 Å². The van der Waals surface area contributed by atoms with Crippen LogP contribution in [0.5, 0.6) is 0 Å². The molecule has 2 nitrogen and oxygen atoms in total. The number of nitrogens with one attached hydrogen (secondary N) is 1. The number of nitrogens with zero attached hydrogens (tertiary/aromatic N) is 1. The fraction of sp³-hybridized carbons (Fsp3) is 0.667. The van der Waals surface area contributed by atoms with Crippen molar-refractivity contribution in [3.8, 4) is 0 Å². The smallest absolute Gasteiger partial charge is 0.0377 e. The summed E-state index contributed by atoms with van der Waals surface area (Å²) in [6.07, 6.45) is 4.01. The molecule has 1 aliphatic heterocycles. The summed E-state index contributed by atoms with van der Waals surface area (Å²) in [5.74, 6) is 1.63. The minimum absolute atomic E-state index is 0.697. The average molecular weight is 353 g/mol. The largest absolute Gasteiger partial charge is 0.371 e. The number of halogens is 1. The van der Waals surface area contributed by atoms with Crippen LogP contribution in [0.3, 0.4) is 0 Å². The van der Waals surface area contributed by atoms with Crippen molar-refractivity contribution >= 4 is 21.6 Å². The van der Waals surface area contributed by atoms with Gasteiger partial charge in [0.25, 0.3) is 0 Å². The van der Waals surface area contributed by atoms with Crippen LogP contribution in [-0.4, -0.2) is 19.6 Å². The maximum Gasteiger partial charge on any atom is 0.0377 e. The molecule has 0 radical (unpaired) electrons. The Morgan fingerprint density at radius 1 is 1.29 bits per heavy atom. The Hall–Kier alpha value is -0.540. The lowest BCUT2D eigenvalue weighted by molar-refractivity contribution is 0.395. The van der Waals surface area contributed by atoms with E-state index in [1.54, 1.807) is 0 Å². The second-order valence-corrected chi connectivity index (χ2v) is 7.49. The van der Waals surface area contributed by atoms with Crippen LogP contribution < -0.4 is 10.2 Å². The van der Waals surface area contributed by atoms with Gasteiger partial charge in [0.05, 0.1) is 0 Å². The lowest BCUT2D eigenvalue weighted by Crippen LogP contribution is -2.33. The maximum absolute atomic E-state index is 3.74. The van der Waals surface area contributed by atoms with E-state index < -0.39 is 0 Å². The third kappa shape index (κ3) is 5.00. The lowest BCUT2D eigenvalue weighted by Gasteiger charge is -2.33. The number of benzene rings is 1. The van der Waals surface area contributed by atoms with Gasteiger partial charge in [0.1, 0.15) is 0 Å². The van der Waals surface area contributed by atoms with Gasteiger partial charge >= 0.3 is 0 Å². The second kappa shape index (κ2) is 8.19. The molecular weight excluding hydrogens is 324 g/mol.